The van der Waals surface area contributed by atoms with Gasteiger partial charge in [0.05, 0.1) is 37.3 Å². The van der Waals surface area contributed by atoms with E-state index >= 15 is 0 Å². The minimum atomic E-state index is -0.351. The molecule has 2 heterocycles. The summed E-state index contributed by atoms with van der Waals surface area (Å²) in [6.45, 7) is 24.8. The van der Waals surface area contributed by atoms with Crippen molar-refractivity contribution in [3.05, 3.63) is 0 Å². The Morgan fingerprint density at radius 1 is 0.950 bits per heavy atom. The Balaban J connectivity index is -0.000000812. The number of carbonyl (C=O) groups excluding carboxylic acids is 5. The van der Waals surface area contributed by atoms with Crippen LogP contribution in [0.4, 0.5) is 0 Å². The van der Waals surface area contributed by atoms with E-state index in [4.69, 9.17) is 9.47 Å². The standard InChI is InChI=1S/C20H38N2O4.C11H16N2O3.C8H17N3.C3H8.2C2H6/c1-8-14(2)19(21(4)5)17(25-6)12-18(24)22-11-9-10-16(22)20(26-7)15(3)13-23;1-7(15)13-9-3-2-8(6-9)10(13)11(16)12-4-5-14;1-5-6-11-8(10-4)7(2)9-3;1-3-2;2*1-2/h13-17,19-20H,8-12H2,1-7H3;5,8-10H,2-4,6H2,1H3,(H,12,16);6-7,9H,5H2,1-4H3;3H2,1-2H3;2*1-2H3/t;;7-;;;/m..0.../s1. The average Bonchev–Trinajstić information content (AvgIpc) is 4.03. The molecule has 3 amide bonds. The van der Waals surface area contributed by atoms with Gasteiger partial charge in [-0.05, 0) is 78.4 Å². The molecule has 3 aliphatic rings. The monoisotopic (exact) mass is 854 g/mol. The molecule has 1 aliphatic carbocycles. The number of rotatable bonds is 17. The zero-order valence-electron chi connectivity index (χ0n) is 41.4. The van der Waals surface area contributed by atoms with E-state index in [0.29, 0.717) is 18.6 Å². The van der Waals surface area contributed by atoms with Gasteiger partial charge in [0.1, 0.15) is 24.4 Å². The predicted octanol–water partition coefficient (Wildman–Crippen LogP) is 6.48. The largest absolute Gasteiger partial charge is 0.379 e. The molecule has 14 nitrogen and oxygen atoms in total. The van der Waals surface area contributed by atoms with E-state index in [1.807, 2.05) is 73.8 Å². The molecule has 2 aliphatic heterocycles. The average molecular weight is 854 g/mol. The molecule has 2 saturated heterocycles. The smallest absolute Gasteiger partial charge is 0.243 e. The van der Waals surface area contributed by atoms with Gasteiger partial charge in [-0.25, -0.2) is 4.99 Å². The lowest BCUT2D eigenvalue weighted by molar-refractivity contribution is -0.141. The molecule has 0 aromatic carbocycles. The minimum Gasteiger partial charge on any atom is -0.379 e. The van der Waals surface area contributed by atoms with Crippen molar-refractivity contribution in [2.45, 2.75) is 183 Å². The number of amides is 3. The number of likely N-dealkylation sites (N-methyl/N-ethyl adjacent to an activating group) is 2. The molecule has 3 rings (SSSR count). The van der Waals surface area contributed by atoms with Crippen LogP contribution in [0, 0.1) is 17.8 Å². The SMILES string of the molecule is CC.CC.CC(=O)N1C2CCC(C2)C1C(=O)NCC=O.CCC.CCC(C)C(C(CC(=O)N1CCCC1C(OC)C(C)C=O)OC)N(C)C.CCC=NC(=NC)[C@H](C)NC. The summed E-state index contributed by atoms with van der Waals surface area (Å²) < 4.78 is 11.3. The zero-order chi connectivity index (χ0) is 47.0. The normalized spacial score (nSPS) is 22.0. The van der Waals surface area contributed by atoms with Crippen LogP contribution in [0.25, 0.3) is 0 Å². The summed E-state index contributed by atoms with van der Waals surface area (Å²) in [5, 5.41) is 5.62. The molecule has 2 bridgehead atoms. The predicted molar refractivity (Wildman–Crippen MR) is 249 cm³/mol. The number of nitrogens with one attached hydrogen (secondary N) is 2. The van der Waals surface area contributed by atoms with Gasteiger partial charge < -0.3 is 44.4 Å². The van der Waals surface area contributed by atoms with Gasteiger partial charge in [0.15, 0.2) is 0 Å². The summed E-state index contributed by atoms with van der Waals surface area (Å²) in [7, 11) is 11.0. The molecule has 0 radical (unpaired) electrons. The van der Waals surface area contributed by atoms with Crippen LogP contribution in [-0.2, 0) is 33.4 Å². The summed E-state index contributed by atoms with van der Waals surface area (Å²) in [4.78, 5) is 71.9. The molecule has 2 N–H and O–H groups in total. The maximum absolute atomic E-state index is 13.1. The van der Waals surface area contributed by atoms with E-state index in [1.165, 1.54) is 13.3 Å². The van der Waals surface area contributed by atoms with Gasteiger partial charge in [-0.3, -0.25) is 19.4 Å². The maximum atomic E-state index is 13.1. The highest BCUT2D eigenvalue weighted by molar-refractivity contribution is 5.93. The minimum absolute atomic E-state index is 0.0263. The molecule has 0 spiro atoms. The van der Waals surface area contributed by atoms with Crippen LogP contribution in [-0.4, -0.2) is 155 Å². The Labute approximate surface area is 366 Å². The lowest BCUT2D eigenvalue weighted by atomic mass is 9.91. The van der Waals surface area contributed by atoms with Crippen molar-refractivity contribution in [2.24, 2.45) is 27.7 Å². The van der Waals surface area contributed by atoms with Crippen molar-refractivity contribution < 1.29 is 33.4 Å². The van der Waals surface area contributed by atoms with Crippen molar-refractivity contribution in [1.29, 1.82) is 0 Å². The van der Waals surface area contributed by atoms with E-state index in [9.17, 15) is 24.0 Å². The number of hydrogen-bond acceptors (Lipinski definition) is 10. The van der Waals surface area contributed by atoms with Crippen molar-refractivity contribution >= 4 is 42.3 Å². The van der Waals surface area contributed by atoms with Crippen molar-refractivity contribution in [2.75, 3.05) is 55.5 Å². The van der Waals surface area contributed by atoms with E-state index in [1.54, 1.807) is 26.2 Å². The molecular weight excluding hydrogens is 763 g/mol. The number of ether oxygens (including phenoxy) is 2. The number of piperidine rings is 1. The second-order valence-electron chi connectivity index (χ2n) is 15.3. The van der Waals surface area contributed by atoms with Crippen molar-refractivity contribution in [1.82, 2.24) is 25.3 Å². The Morgan fingerprint density at radius 2 is 1.55 bits per heavy atom. The molecule has 1 saturated carbocycles. The number of methoxy groups -OCH3 is 2. The van der Waals surface area contributed by atoms with Crippen molar-refractivity contribution in [3.8, 4) is 0 Å². The van der Waals surface area contributed by atoms with Gasteiger partial charge in [-0.1, -0.05) is 82.1 Å². The first-order valence-corrected chi connectivity index (χ1v) is 22.8. The summed E-state index contributed by atoms with van der Waals surface area (Å²) in [5.74, 6) is 1.20. The third-order valence-corrected chi connectivity index (χ3v) is 10.9. The second-order valence-corrected chi connectivity index (χ2v) is 15.3. The Hall–Kier alpha value is -3.07. The van der Waals surface area contributed by atoms with E-state index in [0.717, 1.165) is 63.6 Å². The molecule has 14 heteroatoms. The van der Waals surface area contributed by atoms with Gasteiger partial charge in [0.2, 0.25) is 17.7 Å². The highest BCUT2D eigenvalue weighted by Gasteiger charge is 2.50. The highest BCUT2D eigenvalue weighted by atomic mass is 16.5. The summed E-state index contributed by atoms with van der Waals surface area (Å²) in [6, 6.07) is 0.266. The second kappa shape index (κ2) is 36.6. The summed E-state index contributed by atoms with van der Waals surface area (Å²) >= 11 is 0. The molecule has 3 fully saturated rings. The Bertz CT molecular complexity index is 1220. The van der Waals surface area contributed by atoms with E-state index < -0.39 is 0 Å². The molecule has 9 unspecified atom stereocenters. The quantitative estimate of drug-likeness (QED) is 0.0948. The lowest BCUT2D eigenvalue weighted by Gasteiger charge is -2.37. The summed E-state index contributed by atoms with van der Waals surface area (Å²) in [5.41, 5.74) is 0. The Kier molecular flexibility index (Phi) is 37.3. The van der Waals surface area contributed by atoms with Crippen LogP contribution in [0.2, 0.25) is 0 Å². The molecule has 0 aromatic rings. The molecule has 0 aromatic heterocycles. The maximum Gasteiger partial charge on any atom is 0.243 e. The first-order chi connectivity index (χ1) is 28.6. The molecule has 60 heavy (non-hydrogen) atoms. The first kappa shape index (κ1) is 61.2. The van der Waals surface area contributed by atoms with E-state index in [2.05, 4.69) is 60.1 Å². The number of hydrogen-bond donors (Lipinski definition) is 2. The topological polar surface area (TPSA) is 162 Å². The molecule has 352 valence electrons. The number of carbonyl (C=O) groups is 5. The summed E-state index contributed by atoms with van der Waals surface area (Å²) in [6.07, 6.45) is 11.4. The van der Waals surface area contributed by atoms with E-state index in [-0.39, 0.29) is 78.5 Å². The van der Waals surface area contributed by atoms with Crippen LogP contribution in [0.5, 0.6) is 0 Å². The van der Waals surface area contributed by atoms with Crippen LogP contribution in [0.1, 0.15) is 141 Å². The van der Waals surface area contributed by atoms with Crippen LogP contribution in [0.3, 0.4) is 0 Å². The molecular formula is C46H91N7O7. The van der Waals surface area contributed by atoms with Crippen LogP contribution in [0.15, 0.2) is 9.98 Å². The number of fused-ring (bicyclic) bond motifs is 2. The third kappa shape index (κ3) is 20.7. The number of nitrogens with zero attached hydrogens (tertiary/aromatic N) is 5. The number of aldehydes is 2. The number of likely N-dealkylation sites (tertiary alicyclic amines) is 2. The van der Waals surface area contributed by atoms with Crippen LogP contribution >= 0.6 is 0 Å². The fourth-order valence-corrected chi connectivity index (χ4v) is 8.03. The van der Waals surface area contributed by atoms with Gasteiger partial charge in [-0.2, -0.15) is 0 Å². The fraction of sp³-hybridized carbons (Fsp3) is 0.848. The Morgan fingerprint density at radius 3 is 1.98 bits per heavy atom. The fourth-order valence-electron chi connectivity index (χ4n) is 8.03. The zero-order valence-corrected chi connectivity index (χ0v) is 41.4. The van der Waals surface area contributed by atoms with Gasteiger partial charge in [0.25, 0.3) is 0 Å². The molecule has 10 atom stereocenters. The van der Waals surface area contributed by atoms with Crippen LogP contribution < -0.4 is 10.6 Å². The van der Waals surface area contributed by atoms with Crippen molar-refractivity contribution in [3.63, 3.8) is 0 Å². The third-order valence-electron chi connectivity index (χ3n) is 10.9. The first-order valence-electron chi connectivity index (χ1n) is 22.8. The van der Waals surface area contributed by atoms with Gasteiger partial charge in [0, 0.05) is 59.0 Å². The number of amidine groups is 1. The highest BCUT2D eigenvalue weighted by Crippen LogP contribution is 2.42. The van der Waals surface area contributed by atoms with Gasteiger partial charge >= 0.3 is 0 Å². The number of aliphatic imine (C=N–C) groups is 2. The lowest BCUT2D eigenvalue weighted by Crippen LogP contribution is -2.52. The van der Waals surface area contributed by atoms with Gasteiger partial charge in [-0.15, -0.1) is 0 Å².